The van der Waals surface area contributed by atoms with Crippen LogP contribution in [0.25, 0.3) is 10.9 Å². The van der Waals surface area contributed by atoms with Gasteiger partial charge in [0.05, 0.1) is 12.1 Å². The van der Waals surface area contributed by atoms with Gasteiger partial charge in [-0.2, -0.15) is 5.10 Å². The fraction of sp³-hybridized carbons (Fsp3) is 0.333. The van der Waals surface area contributed by atoms with Crippen LogP contribution < -0.4 is 0 Å². The number of likely N-dealkylation sites (tertiary alicyclic amines) is 1. The third-order valence-corrected chi connectivity index (χ3v) is 4.63. The van der Waals surface area contributed by atoms with Gasteiger partial charge in [0, 0.05) is 36.6 Å². The van der Waals surface area contributed by atoms with Crippen molar-refractivity contribution in [1.82, 2.24) is 19.7 Å². The molecule has 3 aromatic rings. The molecule has 4 nitrogen and oxygen atoms in total. The van der Waals surface area contributed by atoms with E-state index < -0.39 is 0 Å². The summed E-state index contributed by atoms with van der Waals surface area (Å²) in [5, 5.41) is 4.92. The second kappa shape index (κ2) is 6.08. The van der Waals surface area contributed by atoms with E-state index in [1.165, 1.54) is 12.8 Å². The molecule has 4 rings (SSSR count). The Kier molecular flexibility index (Phi) is 3.79. The Morgan fingerprint density at radius 1 is 1.17 bits per heavy atom. The number of fused-ring (bicyclic) bond motifs is 1. The summed E-state index contributed by atoms with van der Waals surface area (Å²) in [7, 11) is 0. The van der Waals surface area contributed by atoms with Crippen molar-refractivity contribution in [2.45, 2.75) is 32.0 Å². The third kappa shape index (κ3) is 2.84. The van der Waals surface area contributed by atoms with Crippen LogP contribution in [0.1, 0.15) is 18.4 Å². The Balaban J connectivity index is 1.59. The quantitative estimate of drug-likeness (QED) is 0.742. The molecule has 1 aromatic carbocycles. The molecule has 2 aromatic heterocycles. The lowest BCUT2D eigenvalue weighted by Crippen LogP contribution is -2.32. The Bertz CT molecular complexity index is 800. The maximum atomic E-state index is 13.9. The molecule has 1 atom stereocenters. The van der Waals surface area contributed by atoms with Crippen LogP contribution in [0.15, 0.2) is 48.9 Å². The first-order chi connectivity index (χ1) is 11.3. The fourth-order valence-electron chi connectivity index (χ4n) is 3.48. The molecule has 0 bridgehead atoms. The molecule has 118 valence electrons. The molecular weight excluding hydrogens is 291 g/mol. The van der Waals surface area contributed by atoms with Crippen molar-refractivity contribution in [1.29, 1.82) is 0 Å². The lowest BCUT2D eigenvalue weighted by Gasteiger charge is -2.25. The summed E-state index contributed by atoms with van der Waals surface area (Å²) in [6.45, 7) is 2.77. The first kappa shape index (κ1) is 14.3. The number of hydrogen-bond acceptors (Lipinski definition) is 3. The van der Waals surface area contributed by atoms with Crippen molar-refractivity contribution in [3.8, 4) is 0 Å². The summed E-state index contributed by atoms with van der Waals surface area (Å²) in [6.07, 6.45) is 7.92. The highest BCUT2D eigenvalue weighted by molar-refractivity contribution is 5.82. The molecule has 1 fully saturated rings. The van der Waals surface area contributed by atoms with Crippen LogP contribution in [-0.2, 0) is 13.1 Å². The molecule has 0 saturated carbocycles. The van der Waals surface area contributed by atoms with Crippen molar-refractivity contribution < 1.29 is 4.39 Å². The molecule has 3 heterocycles. The van der Waals surface area contributed by atoms with Gasteiger partial charge in [0.25, 0.3) is 0 Å². The summed E-state index contributed by atoms with van der Waals surface area (Å²) >= 11 is 0. The third-order valence-electron chi connectivity index (χ3n) is 4.63. The lowest BCUT2D eigenvalue weighted by molar-refractivity contribution is 0.220. The van der Waals surface area contributed by atoms with Gasteiger partial charge in [0.15, 0.2) is 0 Å². The highest BCUT2D eigenvalue weighted by Crippen LogP contribution is 2.25. The highest BCUT2D eigenvalue weighted by atomic mass is 19.1. The van der Waals surface area contributed by atoms with Gasteiger partial charge in [-0.25, -0.2) is 4.39 Å². The normalized spacial score (nSPS) is 18.7. The number of halogens is 1. The largest absolute Gasteiger partial charge is 0.294 e. The van der Waals surface area contributed by atoms with Gasteiger partial charge in [-0.15, -0.1) is 0 Å². The summed E-state index contributed by atoms with van der Waals surface area (Å²) in [5.74, 6) is -0.202. The van der Waals surface area contributed by atoms with E-state index in [0.29, 0.717) is 11.4 Å². The summed E-state index contributed by atoms with van der Waals surface area (Å²) in [4.78, 5) is 6.86. The van der Waals surface area contributed by atoms with E-state index >= 15 is 0 Å². The standard InChI is InChI=1S/C18H19FN4/c19-17-7-6-14(18-16(17)5-1-8-20-18)12-22-10-2-4-15(22)13-23-11-3-9-21-23/h1,3,5-9,11,15H,2,4,10,12-13H2/t15-/m1/s1. The van der Waals surface area contributed by atoms with Gasteiger partial charge in [-0.3, -0.25) is 14.6 Å². The Morgan fingerprint density at radius 3 is 3.00 bits per heavy atom. The number of benzene rings is 1. The maximum Gasteiger partial charge on any atom is 0.132 e. The van der Waals surface area contributed by atoms with Crippen LogP contribution in [0.5, 0.6) is 0 Å². The zero-order valence-corrected chi connectivity index (χ0v) is 12.9. The molecular formula is C18H19FN4. The topological polar surface area (TPSA) is 34.0 Å². The number of hydrogen-bond donors (Lipinski definition) is 0. The van der Waals surface area contributed by atoms with Crippen LogP contribution in [0.3, 0.4) is 0 Å². The predicted octanol–water partition coefficient (Wildman–Crippen LogP) is 3.24. The van der Waals surface area contributed by atoms with E-state index in [9.17, 15) is 4.39 Å². The van der Waals surface area contributed by atoms with Crippen molar-refractivity contribution in [2.24, 2.45) is 0 Å². The minimum Gasteiger partial charge on any atom is -0.294 e. The van der Waals surface area contributed by atoms with Gasteiger partial charge in [0.1, 0.15) is 5.82 Å². The Morgan fingerprint density at radius 2 is 2.13 bits per heavy atom. The number of pyridine rings is 1. The van der Waals surface area contributed by atoms with E-state index in [-0.39, 0.29) is 5.82 Å². The lowest BCUT2D eigenvalue weighted by atomic mass is 10.1. The van der Waals surface area contributed by atoms with Gasteiger partial charge in [-0.05, 0) is 49.2 Å². The SMILES string of the molecule is Fc1ccc(CN2CCC[C@@H]2Cn2cccn2)c2ncccc12. The monoisotopic (exact) mass is 310 g/mol. The average molecular weight is 310 g/mol. The second-order valence-corrected chi connectivity index (χ2v) is 6.10. The second-order valence-electron chi connectivity index (χ2n) is 6.10. The van der Waals surface area contributed by atoms with E-state index in [1.807, 2.05) is 29.2 Å². The Hall–Kier alpha value is -2.27. The zero-order valence-electron chi connectivity index (χ0n) is 12.9. The van der Waals surface area contributed by atoms with E-state index in [0.717, 1.165) is 30.7 Å². The van der Waals surface area contributed by atoms with Crippen molar-refractivity contribution in [3.63, 3.8) is 0 Å². The minimum absolute atomic E-state index is 0.202. The van der Waals surface area contributed by atoms with Crippen molar-refractivity contribution in [3.05, 3.63) is 60.3 Å². The number of rotatable bonds is 4. The predicted molar refractivity (Wildman–Crippen MR) is 87.4 cm³/mol. The van der Waals surface area contributed by atoms with Crippen LogP contribution >= 0.6 is 0 Å². The van der Waals surface area contributed by atoms with E-state index in [2.05, 4.69) is 15.0 Å². The number of aromatic nitrogens is 3. The fourth-order valence-corrected chi connectivity index (χ4v) is 3.48. The van der Waals surface area contributed by atoms with Crippen LogP contribution in [-0.4, -0.2) is 32.3 Å². The van der Waals surface area contributed by atoms with Gasteiger partial charge < -0.3 is 0 Å². The highest BCUT2D eigenvalue weighted by Gasteiger charge is 2.25. The van der Waals surface area contributed by atoms with Crippen molar-refractivity contribution >= 4 is 10.9 Å². The molecule has 0 spiro atoms. The van der Waals surface area contributed by atoms with Gasteiger partial charge >= 0.3 is 0 Å². The molecule has 23 heavy (non-hydrogen) atoms. The molecule has 0 unspecified atom stereocenters. The smallest absolute Gasteiger partial charge is 0.132 e. The molecule has 0 N–H and O–H groups in total. The van der Waals surface area contributed by atoms with Gasteiger partial charge in [-0.1, -0.05) is 6.07 Å². The molecule has 1 saturated heterocycles. The minimum atomic E-state index is -0.202. The van der Waals surface area contributed by atoms with Crippen LogP contribution in [0.4, 0.5) is 4.39 Å². The summed E-state index contributed by atoms with van der Waals surface area (Å²) in [5.41, 5.74) is 1.87. The first-order valence-corrected chi connectivity index (χ1v) is 8.05. The van der Waals surface area contributed by atoms with Crippen LogP contribution in [0, 0.1) is 5.82 Å². The van der Waals surface area contributed by atoms with E-state index in [4.69, 9.17) is 0 Å². The molecule has 5 heteroatoms. The van der Waals surface area contributed by atoms with Crippen molar-refractivity contribution in [2.75, 3.05) is 6.54 Å². The molecule has 0 amide bonds. The summed E-state index contributed by atoms with van der Waals surface area (Å²) < 4.78 is 15.9. The van der Waals surface area contributed by atoms with Crippen LogP contribution in [0.2, 0.25) is 0 Å². The summed E-state index contributed by atoms with van der Waals surface area (Å²) in [6, 6.07) is 9.43. The average Bonchev–Trinajstić information content (AvgIpc) is 3.23. The Labute approximate surface area is 134 Å². The molecule has 0 aliphatic carbocycles. The molecule has 0 radical (unpaired) electrons. The maximum absolute atomic E-state index is 13.9. The number of nitrogens with zero attached hydrogens (tertiary/aromatic N) is 4. The molecule has 1 aliphatic heterocycles. The molecule has 1 aliphatic rings. The first-order valence-electron chi connectivity index (χ1n) is 8.05. The van der Waals surface area contributed by atoms with Gasteiger partial charge in [0.2, 0.25) is 0 Å². The zero-order chi connectivity index (χ0) is 15.6. The van der Waals surface area contributed by atoms with E-state index in [1.54, 1.807) is 24.4 Å².